The van der Waals surface area contributed by atoms with E-state index in [0.29, 0.717) is 39.5 Å². The summed E-state index contributed by atoms with van der Waals surface area (Å²) in [5, 5.41) is 35.4. The summed E-state index contributed by atoms with van der Waals surface area (Å²) >= 11 is 0. The number of nitrogens with zero attached hydrogens (tertiary/aromatic N) is 1. The SMILES string of the molecule is CCOC(=O)NC(=N)c1ccc(NC(=O)c2cccnc2NCc2cc(CO)cc(OC(C)C)c2CCC(=O)O)cc1. The number of benzene rings is 2. The number of carbonyl (C=O) groups excluding carboxylic acids is 2. The molecule has 6 N–H and O–H groups in total. The first-order chi connectivity index (χ1) is 20.1. The Morgan fingerprint density at radius 2 is 1.83 bits per heavy atom. The fourth-order valence-electron chi connectivity index (χ4n) is 4.06. The van der Waals surface area contributed by atoms with E-state index in [2.05, 4.69) is 20.9 Å². The Bertz CT molecular complexity index is 1420. The van der Waals surface area contributed by atoms with Crippen molar-refractivity contribution in [1.82, 2.24) is 10.3 Å². The minimum atomic E-state index is -0.945. The van der Waals surface area contributed by atoms with Crippen molar-refractivity contribution in [3.05, 3.63) is 82.5 Å². The molecule has 0 aliphatic heterocycles. The van der Waals surface area contributed by atoms with Crippen molar-refractivity contribution in [3.63, 3.8) is 0 Å². The van der Waals surface area contributed by atoms with Crippen molar-refractivity contribution < 1.29 is 34.1 Å². The molecular formula is C30H35N5O7. The van der Waals surface area contributed by atoms with Crippen molar-refractivity contribution in [2.75, 3.05) is 17.2 Å². The number of amides is 2. The summed E-state index contributed by atoms with van der Waals surface area (Å²) < 4.78 is 10.7. The minimum absolute atomic E-state index is 0.103. The predicted molar refractivity (Wildman–Crippen MR) is 157 cm³/mol. The summed E-state index contributed by atoms with van der Waals surface area (Å²) in [7, 11) is 0. The maximum absolute atomic E-state index is 13.2. The van der Waals surface area contributed by atoms with E-state index < -0.39 is 18.0 Å². The summed E-state index contributed by atoms with van der Waals surface area (Å²) in [5.41, 5.74) is 3.17. The van der Waals surface area contributed by atoms with Gasteiger partial charge in [0.1, 0.15) is 17.4 Å². The van der Waals surface area contributed by atoms with Crippen LogP contribution in [0.1, 0.15) is 59.8 Å². The molecule has 0 aliphatic rings. The zero-order valence-electron chi connectivity index (χ0n) is 23.7. The lowest BCUT2D eigenvalue weighted by atomic mass is 9.98. The average Bonchev–Trinajstić information content (AvgIpc) is 2.95. The van der Waals surface area contributed by atoms with Gasteiger partial charge in [0.15, 0.2) is 0 Å². The summed E-state index contributed by atoms with van der Waals surface area (Å²) in [5.74, 6) is -0.712. The lowest BCUT2D eigenvalue weighted by molar-refractivity contribution is -0.136. The molecule has 3 rings (SSSR count). The van der Waals surface area contributed by atoms with Crippen LogP contribution in [0.25, 0.3) is 0 Å². The lowest BCUT2D eigenvalue weighted by Crippen LogP contribution is -2.31. The van der Waals surface area contributed by atoms with Gasteiger partial charge in [-0.15, -0.1) is 0 Å². The zero-order valence-corrected chi connectivity index (χ0v) is 23.7. The summed E-state index contributed by atoms with van der Waals surface area (Å²) in [4.78, 5) is 40.4. The number of carboxylic acids is 1. The molecule has 3 aromatic rings. The fraction of sp³-hybridized carbons (Fsp3) is 0.300. The van der Waals surface area contributed by atoms with E-state index in [4.69, 9.17) is 14.9 Å². The number of aliphatic hydroxyl groups is 1. The number of aromatic nitrogens is 1. The van der Waals surface area contributed by atoms with Gasteiger partial charge in [-0.25, -0.2) is 9.78 Å². The Kier molecular flexibility index (Phi) is 11.4. The summed E-state index contributed by atoms with van der Waals surface area (Å²) in [6.45, 7) is 5.54. The quantitative estimate of drug-likeness (QED) is 0.127. The second-order valence-electron chi connectivity index (χ2n) is 9.46. The monoisotopic (exact) mass is 577 g/mol. The largest absolute Gasteiger partial charge is 0.491 e. The lowest BCUT2D eigenvalue weighted by Gasteiger charge is -2.20. The molecule has 0 atom stereocenters. The van der Waals surface area contributed by atoms with E-state index in [1.54, 1.807) is 61.7 Å². The molecule has 2 aromatic carbocycles. The summed E-state index contributed by atoms with van der Waals surface area (Å²) in [6.07, 6.45) is 0.770. The number of amidine groups is 1. The van der Waals surface area contributed by atoms with E-state index in [0.717, 1.165) is 0 Å². The van der Waals surface area contributed by atoms with E-state index >= 15 is 0 Å². The second kappa shape index (κ2) is 15.1. The van der Waals surface area contributed by atoms with Crippen molar-refractivity contribution in [1.29, 1.82) is 5.41 Å². The Morgan fingerprint density at radius 3 is 2.48 bits per heavy atom. The van der Waals surface area contributed by atoms with Crippen LogP contribution in [0.2, 0.25) is 0 Å². The molecule has 0 aliphatic carbocycles. The number of ether oxygens (including phenoxy) is 2. The van der Waals surface area contributed by atoms with Gasteiger partial charge in [0.25, 0.3) is 5.91 Å². The number of carbonyl (C=O) groups is 3. The first-order valence-corrected chi connectivity index (χ1v) is 13.4. The van der Waals surface area contributed by atoms with Gasteiger partial charge in [-0.1, -0.05) is 6.07 Å². The zero-order chi connectivity index (χ0) is 30.6. The van der Waals surface area contributed by atoms with Crippen LogP contribution in [-0.2, 0) is 29.1 Å². The standard InChI is InChI=1S/C30H35N5O7/c1-4-41-30(40)35-27(31)20-7-9-22(10-8-20)34-29(39)24-6-5-13-32-28(24)33-16-21-14-19(17-36)15-25(42-18(2)3)23(21)11-12-26(37)38/h5-10,13-15,18,36H,4,11-12,16-17H2,1-3H3,(H,32,33)(H,34,39)(H,37,38)(H2,31,35,40). The van der Waals surface area contributed by atoms with Crippen LogP contribution in [-0.4, -0.2) is 51.7 Å². The van der Waals surface area contributed by atoms with Crippen LogP contribution in [0.5, 0.6) is 5.75 Å². The van der Waals surface area contributed by atoms with Gasteiger partial charge in [-0.3, -0.25) is 20.3 Å². The number of alkyl carbamates (subject to hydrolysis) is 1. The molecule has 0 fully saturated rings. The topological polar surface area (TPSA) is 183 Å². The third-order valence-electron chi connectivity index (χ3n) is 5.93. The summed E-state index contributed by atoms with van der Waals surface area (Å²) in [6, 6.07) is 13.1. The highest BCUT2D eigenvalue weighted by Gasteiger charge is 2.17. The molecule has 1 aromatic heterocycles. The van der Waals surface area contributed by atoms with Crippen LogP contribution in [0.15, 0.2) is 54.7 Å². The smallest absolute Gasteiger partial charge is 0.412 e. The maximum atomic E-state index is 13.2. The molecule has 0 spiro atoms. The van der Waals surface area contributed by atoms with Gasteiger partial charge >= 0.3 is 12.1 Å². The molecule has 0 saturated heterocycles. The highest BCUT2D eigenvalue weighted by atomic mass is 16.5. The first kappa shape index (κ1) is 31.6. The molecule has 42 heavy (non-hydrogen) atoms. The molecule has 0 bridgehead atoms. The number of aliphatic hydroxyl groups excluding tert-OH is 1. The Hall–Kier alpha value is -4.97. The molecule has 12 nitrogen and oxygen atoms in total. The van der Waals surface area contributed by atoms with E-state index in [-0.39, 0.29) is 50.1 Å². The van der Waals surface area contributed by atoms with Crippen LogP contribution < -0.4 is 20.7 Å². The molecule has 0 saturated carbocycles. The van der Waals surface area contributed by atoms with E-state index in [1.807, 2.05) is 13.8 Å². The van der Waals surface area contributed by atoms with Crippen molar-refractivity contribution in [2.24, 2.45) is 0 Å². The third-order valence-corrected chi connectivity index (χ3v) is 5.93. The Labute approximate surface area is 243 Å². The van der Waals surface area contributed by atoms with Gasteiger partial charge in [-0.2, -0.15) is 0 Å². The highest BCUT2D eigenvalue weighted by Crippen LogP contribution is 2.29. The van der Waals surface area contributed by atoms with Gasteiger partial charge < -0.3 is 30.3 Å². The number of aliphatic carboxylic acids is 1. The minimum Gasteiger partial charge on any atom is -0.491 e. The van der Waals surface area contributed by atoms with Crippen molar-refractivity contribution in [3.8, 4) is 5.75 Å². The average molecular weight is 578 g/mol. The van der Waals surface area contributed by atoms with Crippen molar-refractivity contribution in [2.45, 2.75) is 52.9 Å². The molecule has 12 heteroatoms. The number of hydrogen-bond donors (Lipinski definition) is 6. The highest BCUT2D eigenvalue weighted by molar-refractivity contribution is 6.08. The van der Waals surface area contributed by atoms with E-state index in [9.17, 15) is 24.6 Å². The van der Waals surface area contributed by atoms with Crippen molar-refractivity contribution >= 4 is 35.3 Å². The normalized spacial score (nSPS) is 10.6. The number of hydrogen-bond acceptors (Lipinski definition) is 9. The van der Waals surface area contributed by atoms with Crippen LogP contribution in [0.4, 0.5) is 16.3 Å². The van der Waals surface area contributed by atoms with Gasteiger partial charge in [0.05, 0.1) is 24.9 Å². The molecule has 1 heterocycles. The Balaban J connectivity index is 1.78. The van der Waals surface area contributed by atoms with Crippen LogP contribution in [0.3, 0.4) is 0 Å². The van der Waals surface area contributed by atoms with Crippen LogP contribution >= 0.6 is 0 Å². The second-order valence-corrected chi connectivity index (χ2v) is 9.46. The first-order valence-electron chi connectivity index (χ1n) is 13.4. The molecular weight excluding hydrogens is 542 g/mol. The molecule has 222 valence electrons. The number of carboxylic acid groups (broad SMARTS) is 1. The fourth-order valence-corrected chi connectivity index (χ4v) is 4.06. The third kappa shape index (κ3) is 9.03. The predicted octanol–water partition coefficient (Wildman–Crippen LogP) is 4.31. The maximum Gasteiger partial charge on any atom is 0.412 e. The number of pyridine rings is 1. The molecule has 0 unspecified atom stereocenters. The van der Waals surface area contributed by atoms with Gasteiger partial charge in [-0.05, 0) is 86.3 Å². The van der Waals surface area contributed by atoms with E-state index in [1.165, 1.54) is 0 Å². The number of rotatable bonds is 13. The van der Waals surface area contributed by atoms with Gasteiger partial charge in [0, 0.05) is 30.4 Å². The number of nitrogens with one attached hydrogen (secondary N) is 4. The molecule has 0 radical (unpaired) electrons. The van der Waals surface area contributed by atoms with Crippen LogP contribution in [0, 0.1) is 5.41 Å². The number of anilines is 2. The molecule has 2 amide bonds. The Morgan fingerprint density at radius 1 is 1.10 bits per heavy atom. The van der Waals surface area contributed by atoms with Gasteiger partial charge in [0.2, 0.25) is 0 Å².